The molecule has 1 saturated carbocycles. The van der Waals surface area contributed by atoms with E-state index in [4.69, 9.17) is 5.73 Å². The van der Waals surface area contributed by atoms with E-state index in [-0.39, 0.29) is 16.4 Å². The molecule has 6 heteroatoms. The summed E-state index contributed by atoms with van der Waals surface area (Å²) in [7, 11) is 0. The van der Waals surface area contributed by atoms with E-state index in [2.05, 4.69) is 9.38 Å². The van der Waals surface area contributed by atoms with Gasteiger partial charge in [0.05, 0.1) is 5.71 Å². The number of rotatable bonds is 3. The predicted octanol–water partition coefficient (Wildman–Crippen LogP) is 1.57. The van der Waals surface area contributed by atoms with Crippen LogP contribution >= 0.6 is 0 Å². The van der Waals surface area contributed by atoms with Crippen LogP contribution in [-0.2, 0) is 11.4 Å². The van der Waals surface area contributed by atoms with Gasteiger partial charge in [-0.2, -0.15) is 0 Å². The molecular weight excluding hydrogens is 262 g/mol. The summed E-state index contributed by atoms with van der Waals surface area (Å²) in [4.78, 5) is 14.9. The summed E-state index contributed by atoms with van der Waals surface area (Å²) in [5, 5.41) is 0. The highest BCUT2D eigenvalue weighted by Crippen LogP contribution is 2.38. The summed E-state index contributed by atoms with van der Waals surface area (Å²) < 4.78 is 15.8. The molecule has 102 valence electrons. The maximum Gasteiger partial charge on any atom is 0.267 e. The first-order valence-electron chi connectivity index (χ1n) is 6.04. The van der Waals surface area contributed by atoms with Crippen LogP contribution in [0.15, 0.2) is 22.7 Å². The number of nitrogens with zero attached hydrogens (tertiary/aromatic N) is 2. The highest BCUT2D eigenvalue weighted by atomic mass is 32.2. The molecule has 1 aromatic rings. The van der Waals surface area contributed by atoms with Crippen LogP contribution in [0, 0.1) is 0 Å². The molecular formula is C13H17N3O2S. The first-order chi connectivity index (χ1) is 8.79. The standard InChI is InChI=1S/C13H17N3O2S/c1-13(2,3)19(18)16-11-6-9(11)8-4-5-10(12(14)17)15-7-8/h4-5,7,9H,6H2,1-3H3,(H2,14,17)/t9-,19?/m1/s1. The second kappa shape index (κ2) is 4.94. The molecule has 0 saturated heterocycles. The summed E-state index contributed by atoms with van der Waals surface area (Å²) >= 11 is -1.22. The maximum atomic E-state index is 11.9. The van der Waals surface area contributed by atoms with Gasteiger partial charge < -0.3 is 10.3 Å². The van der Waals surface area contributed by atoms with Gasteiger partial charge in [0, 0.05) is 18.5 Å². The summed E-state index contributed by atoms with van der Waals surface area (Å²) in [6, 6.07) is 3.43. The maximum absolute atomic E-state index is 11.9. The Bertz CT molecular complexity index is 520. The Kier molecular flexibility index (Phi) is 3.64. The number of aromatic nitrogens is 1. The molecule has 1 aliphatic carbocycles. The lowest BCUT2D eigenvalue weighted by molar-refractivity contribution is 0.0995. The lowest BCUT2D eigenvalue weighted by Crippen LogP contribution is -2.26. The van der Waals surface area contributed by atoms with Crippen LogP contribution in [0.5, 0.6) is 0 Å². The average Bonchev–Trinajstić information content (AvgIpc) is 3.07. The molecule has 19 heavy (non-hydrogen) atoms. The number of carbonyl (C=O) groups excluding carboxylic acids is 1. The lowest BCUT2D eigenvalue weighted by Gasteiger charge is -2.17. The fourth-order valence-corrected chi connectivity index (χ4v) is 2.25. The van der Waals surface area contributed by atoms with E-state index in [0.717, 1.165) is 17.7 Å². The third-order valence-corrected chi connectivity index (χ3v) is 4.27. The number of pyridine rings is 1. The van der Waals surface area contributed by atoms with Crippen LogP contribution in [0.25, 0.3) is 0 Å². The second-order valence-electron chi connectivity index (χ2n) is 5.54. The van der Waals surface area contributed by atoms with Gasteiger partial charge in [-0.1, -0.05) is 10.5 Å². The Balaban J connectivity index is 2.07. The average molecular weight is 279 g/mol. The smallest absolute Gasteiger partial charge is 0.267 e. The number of amides is 1. The molecule has 1 amide bonds. The van der Waals surface area contributed by atoms with Crippen molar-refractivity contribution in [1.82, 2.24) is 4.98 Å². The van der Waals surface area contributed by atoms with Crippen molar-refractivity contribution in [2.75, 3.05) is 0 Å². The zero-order valence-electron chi connectivity index (χ0n) is 11.2. The monoisotopic (exact) mass is 279 g/mol. The Labute approximate surface area is 115 Å². The first kappa shape index (κ1) is 14.0. The van der Waals surface area contributed by atoms with Crippen molar-refractivity contribution >= 4 is 23.0 Å². The van der Waals surface area contributed by atoms with Gasteiger partial charge in [-0.05, 0) is 32.4 Å². The fraction of sp³-hybridized carbons (Fsp3) is 0.462. The lowest BCUT2D eigenvalue weighted by atomic mass is 10.2. The molecule has 2 rings (SSSR count). The minimum absolute atomic E-state index is 0.181. The molecule has 5 nitrogen and oxygen atoms in total. The minimum atomic E-state index is -1.22. The van der Waals surface area contributed by atoms with E-state index >= 15 is 0 Å². The van der Waals surface area contributed by atoms with Crippen LogP contribution in [0.1, 0.15) is 49.2 Å². The molecule has 1 unspecified atom stereocenters. The van der Waals surface area contributed by atoms with Gasteiger partial charge in [-0.15, -0.1) is 0 Å². The summed E-state index contributed by atoms with van der Waals surface area (Å²) in [6.07, 6.45) is 2.44. The van der Waals surface area contributed by atoms with Crippen molar-refractivity contribution in [2.24, 2.45) is 10.1 Å². The van der Waals surface area contributed by atoms with Crippen molar-refractivity contribution < 1.29 is 9.35 Å². The minimum Gasteiger partial charge on any atom is -0.591 e. The number of hydrogen-bond acceptors (Lipinski definition) is 4. The normalized spacial score (nSPS) is 22.3. The molecule has 0 radical (unpaired) electrons. The predicted molar refractivity (Wildman–Crippen MR) is 75.4 cm³/mol. The zero-order chi connectivity index (χ0) is 14.2. The fourth-order valence-electron chi connectivity index (χ4n) is 1.56. The molecule has 0 bridgehead atoms. The quantitative estimate of drug-likeness (QED) is 0.851. The molecule has 0 spiro atoms. The largest absolute Gasteiger partial charge is 0.591 e. The Hall–Kier alpha value is -1.40. The second-order valence-corrected chi connectivity index (χ2v) is 7.45. The van der Waals surface area contributed by atoms with E-state index in [1.807, 2.05) is 26.8 Å². The van der Waals surface area contributed by atoms with Crippen LogP contribution in [-0.4, -0.2) is 25.9 Å². The van der Waals surface area contributed by atoms with Crippen molar-refractivity contribution in [3.8, 4) is 0 Å². The third-order valence-electron chi connectivity index (χ3n) is 2.82. The van der Waals surface area contributed by atoms with E-state index in [9.17, 15) is 9.35 Å². The molecule has 2 N–H and O–H groups in total. The molecule has 1 aliphatic rings. The van der Waals surface area contributed by atoms with Crippen LogP contribution in [0.3, 0.4) is 0 Å². The number of hydrogen-bond donors (Lipinski definition) is 1. The summed E-state index contributed by atoms with van der Waals surface area (Å²) in [5.74, 6) is -0.356. The van der Waals surface area contributed by atoms with E-state index in [1.54, 1.807) is 12.3 Å². The highest BCUT2D eigenvalue weighted by Gasteiger charge is 2.38. The number of carbonyl (C=O) groups is 1. The third kappa shape index (κ3) is 3.33. The highest BCUT2D eigenvalue weighted by molar-refractivity contribution is 7.91. The van der Waals surface area contributed by atoms with Crippen LogP contribution in [0.4, 0.5) is 0 Å². The molecule has 1 heterocycles. The van der Waals surface area contributed by atoms with Crippen LogP contribution < -0.4 is 5.73 Å². The van der Waals surface area contributed by atoms with Gasteiger partial charge in [0.2, 0.25) is 0 Å². The van der Waals surface area contributed by atoms with Gasteiger partial charge >= 0.3 is 0 Å². The summed E-state index contributed by atoms with van der Waals surface area (Å²) in [5.41, 5.74) is 7.30. The topological polar surface area (TPSA) is 91.4 Å². The Morgan fingerprint density at radius 1 is 1.53 bits per heavy atom. The number of primary amides is 1. The molecule has 0 aromatic carbocycles. The number of nitrogens with two attached hydrogens (primary N) is 1. The first-order valence-corrected chi connectivity index (χ1v) is 7.15. The molecule has 1 aromatic heterocycles. The van der Waals surface area contributed by atoms with Gasteiger partial charge in [-0.25, -0.2) is 0 Å². The van der Waals surface area contributed by atoms with Gasteiger partial charge in [0.15, 0.2) is 0 Å². The van der Waals surface area contributed by atoms with Gasteiger partial charge in [-0.3, -0.25) is 9.78 Å². The van der Waals surface area contributed by atoms with Crippen molar-refractivity contribution in [1.29, 1.82) is 0 Å². The van der Waals surface area contributed by atoms with Crippen molar-refractivity contribution in [2.45, 2.75) is 37.9 Å². The Morgan fingerprint density at radius 3 is 2.68 bits per heavy atom. The SMILES string of the molecule is CC(C)(C)[S+]([O-])N=C1C[C@@H]1c1ccc(C(N)=O)nc1. The van der Waals surface area contributed by atoms with Crippen molar-refractivity contribution in [3.63, 3.8) is 0 Å². The summed E-state index contributed by atoms with van der Waals surface area (Å²) in [6.45, 7) is 5.69. The van der Waals surface area contributed by atoms with Gasteiger partial charge in [0.1, 0.15) is 21.8 Å². The van der Waals surface area contributed by atoms with Crippen molar-refractivity contribution in [3.05, 3.63) is 29.6 Å². The van der Waals surface area contributed by atoms with E-state index in [0.29, 0.717) is 0 Å². The van der Waals surface area contributed by atoms with E-state index in [1.165, 1.54) is 0 Å². The molecule has 0 aliphatic heterocycles. The molecule has 1 fully saturated rings. The Morgan fingerprint density at radius 2 is 2.21 bits per heavy atom. The van der Waals surface area contributed by atoms with Gasteiger partial charge in [0.25, 0.3) is 5.91 Å². The van der Waals surface area contributed by atoms with Crippen LogP contribution in [0.2, 0.25) is 0 Å². The zero-order valence-corrected chi connectivity index (χ0v) is 12.0. The van der Waals surface area contributed by atoms with E-state index < -0.39 is 17.3 Å². The molecule has 2 atom stereocenters.